The van der Waals surface area contributed by atoms with Gasteiger partial charge in [0.05, 0.1) is 10.6 Å². The van der Waals surface area contributed by atoms with Gasteiger partial charge in [0.2, 0.25) is 5.91 Å². The summed E-state index contributed by atoms with van der Waals surface area (Å²) in [5.41, 5.74) is 3.55. The van der Waals surface area contributed by atoms with E-state index < -0.39 is 10.0 Å². The van der Waals surface area contributed by atoms with Crippen LogP contribution in [0.3, 0.4) is 0 Å². The third kappa shape index (κ3) is 6.22. The second-order valence-corrected chi connectivity index (χ2v) is 11.2. The van der Waals surface area contributed by atoms with Crippen LogP contribution < -0.4 is 14.5 Å². The number of benzene rings is 3. The van der Waals surface area contributed by atoms with E-state index in [0.29, 0.717) is 18.2 Å². The minimum absolute atomic E-state index is 0.150. The first-order valence-corrected chi connectivity index (χ1v) is 13.5. The molecule has 1 aliphatic heterocycles. The predicted molar refractivity (Wildman–Crippen MR) is 141 cm³/mol. The Balaban J connectivity index is 1.45. The van der Waals surface area contributed by atoms with Crippen LogP contribution in [0.25, 0.3) is 0 Å². The van der Waals surface area contributed by atoms with E-state index in [-0.39, 0.29) is 17.3 Å². The maximum atomic E-state index is 13.4. The SMILES string of the molecule is Cc1cccc(N(CC(=O)NCc2ccc(N3CCCC(C)C3)cc2)S(=O)(=O)c2ccccc2)c1. The summed E-state index contributed by atoms with van der Waals surface area (Å²) in [6.07, 6.45) is 2.49. The first-order chi connectivity index (χ1) is 16.8. The fourth-order valence-electron chi connectivity index (χ4n) is 4.45. The molecule has 0 aromatic heterocycles. The van der Waals surface area contributed by atoms with Crippen molar-refractivity contribution in [2.45, 2.75) is 38.1 Å². The average Bonchev–Trinajstić information content (AvgIpc) is 2.87. The summed E-state index contributed by atoms with van der Waals surface area (Å²) in [6, 6.07) is 23.6. The number of nitrogens with zero attached hydrogens (tertiary/aromatic N) is 2. The molecular formula is C28H33N3O3S. The van der Waals surface area contributed by atoms with Crippen molar-refractivity contribution in [2.24, 2.45) is 5.92 Å². The molecule has 1 amide bonds. The molecule has 0 saturated carbocycles. The van der Waals surface area contributed by atoms with Crippen molar-refractivity contribution in [3.05, 3.63) is 90.0 Å². The van der Waals surface area contributed by atoms with E-state index in [1.165, 1.54) is 22.8 Å². The molecule has 1 atom stereocenters. The van der Waals surface area contributed by atoms with Crippen LogP contribution in [0.15, 0.2) is 83.8 Å². The Kier molecular flexibility index (Phi) is 7.76. The van der Waals surface area contributed by atoms with E-state index in [9.17, 15) is 13.2 Å². The molecule has 3 aromatic rings. The maximum Gasteiger partial charge on any atom is 0.264 e. The van der Waals surface area contributed by atoms with Crippen molar-refractivity contribution in [2.75, 3.05) is 28.8 Å². The molecule has 3 aromatic carbocycles. The summed E-state index contributed by atoms with van der Waals surface area (Å²) in [5.74, 6) is 0.339. The number of nitrogens with one attached hydrogen (secondary N) is 1. The number of hydrogen-bond acceptors (Lipinski definition) is 4. The van der Waals surface area contributed by atoms with Gasteiger partial charge in [-0.2, -0.15) is 0 Å². The first kappa shape index (κ1) is 24.8. The molecule has 0 bridgehead atoms. The number of rotatable bonds is 8. The minimum atomic E-state index is -3.90. The molecule has 184 valence electrons. The molecule has 1 heterocycles. The van der Waals surface area contributed by atoms with Crippen molar-refractivity contribution >= 4 is 27.3 Å². The van der Waals surface area contributed by atoms with Gasteiger partial charge in [-0.3, -0.25) is 9.10 Å². The molecule has 1 N–H and O–H groups in total. The summed E-state index contributed by atoms with van der Waals surface area (Å²) in [5, 5.41) is 2.88. The predicted octanol–water partition coefficient (Wildman–Crippen LogP) is 4.74. The van der Waals surface area contributed by atoms with Crippen LogP contribution in [0.4, 0.5) is 11.4 Å². The maximum absolute atomic E-state index is 13.4. The Morgan fingerprint density at radius 2 is 1.77 bits per heavy atom. The quantitative estimate of drug-likeness (QED) is 0.494. The normalized spacial score (nSPS) is 16.1. The molecule has 1 aliphatic rings. The van der Waals surface area contributed by atoms with Crippen molar-refractivity contribution in [3.63, 3.8) is 0 Å². The lowest BCUT2D eigenvalue weighted by Crippen LogP contribution is -2.40. The zero-order valence-corrected chi connectivity index (χ0v) is 21.2. The van der Waals surface area contributed by atoms with Crippen molar-refractivity contribution in [1.29, 1.82) is 0 Å². The number of hydrogen-bond donors (Lipinski definition) is 1. The number of amides is 1. The number of piperidine rings is 1. The monoisotopic (exact) mass is 491 g/mol. The molecule has 1 saturated heterocycles. The van der Waals surface area contributed by atoms with E-state index in [4.69, 9.17) is 0 Å². The Morgan fingerprint density at radius 1 is 1.03 bits per heavy atom. The third-order valence-electron chi connectivity index (χ3n) is 6.36. The second-order valence-electron chi connectivity index (χ2n) is 9.30. The first-order valence-electron chi connectivity index (χ1n) is 12.1. The molecule has 35 heavy (non-hydrogen) atoms. The summed E-state index contributed by atoms with van der Waals surface area (Å²) >= 11 is 0. The van der Waals surface area contributed by atoms with Crippen molar-refractivity contribution in [1.82, 2.24) is 5.32 Å². The molecule has 4 rings (SSSR count). The summed E-state index contributed by atoms with van der Waals surface area (Å²) < 4.78 is 28.0. The van der Waals surface area contributed by atoms with E-state index >= 15 is 0 Å². The van der Waals surface area contributed by atoms with Gasteiger partial charge in [-0.15, -0.1) is 0 Å². The van der Waals surface area contributed by atoms with Gasteiger partial charge < -0.3 is 10.2 Å². The zero-order valence-electron chi connectivity index (χ0n) is 20.4. The van der Waals surface area contributed by atoms with E-state index in [1.807, 2.05) is 25.1 Å². The number of aryl methyl sites for hydroxylation is 1. The Bertz CT molecular complexity index is 1240. The van der Waals surface area contributed by atoms with Gasteiger partial charge in [0.15, 0.2) is 0 Å². The summed E-state index contributed by atoms with van der Waals surface area (Å²) in [4.78, 5) is 15.4. The van der Waals surface area contributed by atoms with Gasteiger partial charge in [0, 0.05) is 25.3 Å². The third-order valence-corrected chi connectivity index (χ3v) is 8.14. The molecule has 0 aliphatic carbocycles. The molecule has 1 unspecified atom stereocenters. The summed E-state index contributed by atoms with van der Waals surface area (Å²) in [6.45, 7) is 6.36. The molecule has 1 fully saturated rings. The molecular weight excluding hydrogens is 458 g/mol. The number of carbonyl (C=O) groups excluding carboxylic acids is 1. The van der Waals surface area contributed by atoms with Crippen molar-refractivity contribution < 1.29 is 13.2 Å². The van der Waals surface area contributed by atoms with Crippen molar-refractivity contribution in [3.8, 4) is 0 Å². The standard InChI is InChI=1S/C28H33N3O3S/c1-22-8-6-10-26(18-22)31(35(33,34)27-11-4-3-5-12-27)21-28(32)29-19-24-13-15-25(16-14-24)30-17-7-9-23(2)20-30/h3-6,8,10-16,18,23H,7,9,17,19-21H2,1-2H3,(H,29,32). The van der Waals surface area contributed by atoms with E-state index in [0.717, 1.165) is 24.2 Å². The van der Waals surface area contributed by atoms with Gasteiger partial charge in [-0.05, 0) is 73.2 Å². The average molecular weight is 492 g/mol. The highest BCUT2D eigenvalue weighted by molar-refractivity contribution is 7.92. The lowest BCUT2D eigenvalue weighted by molar-refractivity contribution is -0.119. The smallest absolute Gasteiger partial charge is 0.264 e. The van der Waals surface area contributed by atoms with Crippen LogP contribution in [0.5, 0.6) is 0 Å². The van der Waals surface area contributed by atoms with Gasteiger partial charge in [-0.25, -0.2) is 8.42 Å². The lowest BCUT2D eigenvalue weighted by Gasteiger charge is -2.32. The highest BCUT2D eigenvalue weighted by atomic mass is 32.2. The van der Waals surface area contributed by atoms with Gasteiger partial charge in [0.25, 0.3) is 10.0 Å². The number of sulfonamides is 1. The van der Waals surface area contributed by atoms with Crippen LogP contribution >= 0.6 is 0 Å². The summed E-state index contributed by atoms with van der Waals surface area (Å²) in [7, 11) is -3.90. The van der Waals surface area contributed by atoms with Crippen LogP contribution in [0.1, 0.15) is 30.9 Å². The second kappa shape index (κ2) is 11.0. The topological polar surface area (TPSA) is 69.7 Å². The van der Waals surface area contributed by atoms with Crippen LogP contribution in [0, 0.1) is 12.8 Å². The number of carbonyl (C=O) groups is 1. The Morgan fingerprint density at radius 3 is 2.46 bits per heavy atom. The minimum Gasteiger partial charge on any atom is -0.371 e. The van der Waals surface area contributed by atoms with Gasteiger partial charge >= 0.3 is 0 Å². The number of anilines is 2. The highest BCUT2D eigenvalue weighted by Crippen LogP contribution is 2.25. The van der Waals surface area contributed by atoms with E-state index in [2.05, 4.69) is 29.3 Å². The van der Waals surface area contributed by atoms with Gasteiger partial charge in [-0.1, -0.05) is 49.4 Å². The molecule has 0 spiro atoms. The van der Waals surface area contributed by atoms with Crippen LogP contribution in [-0.4, -0.2) is 34.0 Å². The Labute approximate surface area is 208 Å². The van der Waals surface area contributed by atoms with Crippen LogP contribution in [0.2, 0.25) is 0 Å². The molecule has 6 nitrogen and oxygen atoms in total. The van der Waals surface area contributed by atoms with E-state index in [1.54, 1.807) is 48.5 Å². The zero-order chi connectivity index (χ0) is 24.8. The largest absolute Gasteiger partial charge is 0.371 e. The van der Waals surface area contributed by atoms with Gasteiger partial charge in [0.1, 0.15) is 6.54 Å². The Hall–Kier alpha value is -3.32. The molecule has 7 heteroatoms. The fraction of sp³-hybridized carbons (Fsp3) is 0.321. The molecule has 0 radical (unpaired) electrons. The lowest BCUT2D eigenvalue weighted by atomic mass is 9.99. The van der Waals surface area contributed by atoms with Crippen LogP contribution in [-0.2, 0) is 21.4 Å². The fourth-order valence-corrected chi connectivity index (χ4v) is 5.89. The highest BCUT2D eigenvalue weighted by Gasteiger charge is 2.27.